The van der Waals surface area contributed by atoms with Crippen LogP contribution in [0.2, 0.25) is 0 Å². The summed E-state index contributed by atoms with van der Waals surface area (Å²) in [5.74, 6) is -0.298. The minimum atomic E-state index is -0.776. The third kappa shape index (κ3) is 5.53. The van der Waals surface area contributed by atoms with E-state index in [0.29, 0.717) is 25.3 Å². The van der Waals surface area contributed by atoms with Crippen molar-refractivity contribution in [1.29, 1.82) is 0 Å². The van der Waals surface area contributed by atoms with Crippen molar-refractivity contribution in [3.8, 4) is 0 Å². The van der Waals surface area contributed by atoms with E-state index in [1.807, 2.05) is 0 Å². The zero-order chi connectivity index (χ0) is 11.8. The van der Waals surface area contributed by atoms with Gasteiger partial charge in [-0.3, -0.25) is 9.59 Å². The maximum Gasteiger partial charge on any atom is 0.303 e. The summed E-state index contributed by atoms with van der Waals surface area (Å²) in [4.78, 5) is 21.7. The number of hydrogen-bond donors (Lipinski definition) is 2. The molecule has 0 aromatic carbocycles. The van der Waals surface area contributed by atoms with Crippen LogP contribution in [0, 0.1) is 5.92 Å². The molecule has 16 heavy (non-hydrogen) atoms. The van der Waals surface area contributed by atoms with Gasteiger partial charge in [-0.25, -0.2) is 0 Å². The van der Waals surface area contributed by atoms with Crippen LogP contribution in [0.25, 0.3) is 0 Å². The van der Waals surface area contributed by atoms with Gasteiger partial charge >= 0.3 is 5.97 Å². The van der Waals surface area contributed by atoms with Crippen molar-refractivity contribution in [2.75, 3.05) is 6.54 Å². The van der Waals surface area contributed by atoms with Crippen molar-refractivity contribution in [1.82, 2.24) is 5.32 Å². The van der Waals surface area contributed by atoms with E-state index >= 15 is 0 Å². The van der Waals surface area contributed by atoms with E-state index in [9.17, 15) is 9.59 Å². The number of nitrogens with one attached hydrogen (secondary N) is 1. The van der Waals surface area contributed by atoms with Crippen LogP contribution in [0.1, 0.15) is 38.5 Å². The average Bonchev–Trinajstić information content (AvgIpc) is 2.69. The van der Waals surface area contributed by atoms with Crippen LogP contribution in [-0.4, -0.2) is 23.5 Å². The SMILES string of the molecule is O=C(O)CCCCNC(=O)CC1C=CCC1. The molecule has 2 N–H and O–H groups in total. The first-order valence-corrected chi connectivity index (χ1v) is 5.83. The molecule has 0 aliphatic heterocycles. The van der Waals surface area contributed by atoms with E-state index in [1.54, 1.807) is 0 Å². The maximum atomic E-state index is 11.4. The van der Waals surface area contributed by atoms with Gasteiger partial charge in [0.2, 0.25) is 5.91 Å². The molecule has 1 aliphatic carbocycles. The largest absolute Gasteiger partial charge is 0.481 e. The van der Waals surface area contributed by atoms with E-state index < -0.39 is 5.97 Å². The second-order valence-corrected chi connectivity index (χ2v) is 4.17. The summed E-state index contributed by atoms with van der Waals surface area (Å²) in [6.07, 6.45) is 8.48. The standard InChI is InChI=1S/C12H19NO3/c14-11(9-10-5-1-2-6-10)13-8-4-3-7-12(15)16/h1,5,10H,2-4,6-9H2,(H,13,14)(H,15,16). The van der Waals surface area contributed by atoms with Crippen LogP contribution in [0.5, 0.6) is 0 Å². The molecule has 0 spiro atoms. The zero-order valence-electron chi connectivity index (χ0n) is 9.45. The fourth-order valence-corrected chi connectivity index (χ4v) is 1.80. The lowest BCUT2D eigenvalue weighted by molar-refractivity contribution is -0.137. The predicted molar refractivity (Wildman–Crippen MR) is 61.0 cm³/mol. The molecule has 1 aliphatic rings. The number of amides is 1. The highest BCUT2D eigenvalue weighted by Crippen LogP contribution is 2.19. The van der Waals surface area contributed by atoms with Gasteiger partial charge in [0.05, 0.1) is 0 Å². The first-order valence-electron chi connectivity index (χ1n) is 5.83. The lowest BCUT2D eigenvalue weighted by atomic mass is 10.1. The number of carboxylic acid groups (broad SMARTS) is 1. The van der Waals surface area contributed by atoms with Gasteiger partial charge in [-0.15, -0.1) is 0 Å². The van der Waals surface area contributed by atoms with Crippen molar-refractivity contribution in [2.24, 2.45) is 5.92 Å². The lowest BCUT2D eigenvalue weighted by Gasteiger charge is -2.08. The molecule has 1 atom stereocenters. The molecule has 4 heteroatoms. The number of carbonyl (C=O) groups is 2. The molecular weight excluding hydrogens is 206 g/mol. The molecule has 1 rings (SSSR count). The molecule has 4 nitrogen and oxygen atoms in total. The number of carboxylic acids is 1. The Bertz CT molecular complexity index is 273. The van der Waals surface area contributed by atoms with Crippen LogP contribution in [0.15, 0.2) is 12.2 Å². The van der Waals surface area contributed by atoms with Crippen LogP contribution < -0.4 is 5.32 Å². The average molecular weight is 225 g/mol. The summed E-state index contributed by atoms with van der Waals surface area (Å²) in [6, 6.07) is 0. The van der Waals surface area contributed by atoms with Crippen LogP contribution in [0.4, 0.5) is 0 Å². The molecule has 1 unspecified atom stereocenters. The van der Waals surface area contributed by atoms with E-state index in [4.69, 9.17) is 5.11 Å². The monoisotopic (exact) mass is 225 g/mol. The molecule has 0 heterocycles. The molecular formula is C12H19NO3. The summed E-state index contributed by atoms with van der Waals surface area (Å²) in [7, 11) is 0. The lowest BCUT2D eigenvalue weighted by Crippen LogP contribution is -2.25. The minimum absolute atomic E-state index is 0.0758. The Hall–Kier alpha value is -1.32. The second-order valence-electron chi connectivity index (χ2n) is 4.17. The topological polar surface area (TPSA) is 66.4 Å². The van der Waals surface area contributed by atoms with E-state index in [0.717, 1.165) is 19.3 Å². The van der Waals surface area contributed by atoms with Gasteiger partial charge < -0.3 is 10.4 Å². The van der Waals surface area contributed by atoms with E-state index in [-0.39, 0.29) is 12.3 Å². The Morgan fingerprint density at radius 3 is 2.81 bits per heavy atom. The molecule has 0 saturated heterocycles. The van der Waals surface area contributed by atoms with Gasteiger partial charge in [-0.05, 0) is 31.6 Å². The predicted octanol–water partition coefficient (Wildman–Crippen LogP) is 1.71. The third-order valence-corrected chi connectivity index (χ3v) is 2.70. The van der Waals surface area contributed by atoms with Crippen molar-refractivity contribution in [3.05, 3.63) is 12.2 Å². The van der Waals surface area contributed by atoms with E-state index in [2.05, 4.69) is 17.5 Å². The fourth-order valence-electron chi connectivity index (χ4n) is 1.80. The number of carbonyl (C=O) groups excluding carboxylic acids is 1. The Labute approximate surface area is 95.7 Å². The molecule has 0 saturated carbocycles. The molecule has 90 valence electrons. The van der Waals surface area contributed by atoms with Gasteiger partial charge in [0, 0.05) is 19.4 Å². The Balaban J connectivity index is 1.97. The first-order chi connectivity index (χ1) is 7.68. The van der Waals surface area contributed by atoms with Gasteiger partial charge in [0.15, 0.2) is 0 Å². The summed E-state index contributed by atoms with van der Waals surface area (Å²) in [5.41, 5.74) is 0. The summed E-state index contributed by atoms with van der Waals surface area (Å²) in [6.45, 7) is 0.586. The molecule has 0 radical (unpaired) electrons. The Morgan fingerprint density at radius 1 is 1.38 bits per heavy atom. The Kier molecular flexibility index (Phi) is 5.61. The van der Waals surface area contributed by atoms with Crippen molar-refractivity contribution in [3.63, 3.8) is 0 Å². The summed E-state index contributed by atoms with van der Waals surface area (Å²) >= 11 is 0. The summed E-state index contributed by atoms with van der Waals surface area (Å²) in [5, 5.41) is 11.2. The highest BCUT2D eigenvalue weighted by molar-refractivity contribution is 5.76. The van der Waals surface area contributed by atoms with Crippen molar-refractivity contribution >= 4 is 11.9 Å². The Morgan fingerprint density at radius 2 is 2.19 bits per heavy atom. The highest BCUT2D eigenvalue weighted by atomic mass is 16.4. The second kappa shape index (κ2) is 7.04. The summed E-state index contributed by atoms with van der Waals surface area (Å²) < 4.78 is 0. The maximum absolute atomic E-state index is 11.4. The van der Waals surface area contributed by atoms with Crippen LogP contribution >= 0.6 is 0 Å². The molecule has 0 fully saturated rings. The van der Waals surface area contributed by atoms with Crippen molar-refractivity contribution in [2.45, 2.75) is 38.5 Å². The highest BCUT2D eigenvalue weighted by Gasteiger charge is 2.13. The molecule has 1 amide bonds. The fraction of sp³-hybridized carbons (Fsp3) is 0.667. The normalized spacial score (nSPS) is 18.6. The zero-order valence-corrected chi connectivity index (χ0v) is 9.45. The number of aliphatic carboxylic acids is 1. The van der Waals surface area contributed by atoms with Crippen LogP contribution in [0.3, 0.4) is 0 Å². The number of allylic oxidation sites excluding steroid dienone is 2. The van der Waals surface area contributed by atoms with Gasteiger partial charge in [0.1, 0.15) is 0 Å². The smallest absolute Gasteiger partial charge is 0.303 e. The number of rotatable bonds is 7. The van der Waals surface area contributed by atoms with Crippen LogP contribution in [-0.2, 0) is 9.59 Å². The number of unbranched alkanes of at least 4 members (excludes halogenated alkanes) is 1. The van der Waals surface area contributed by atoms with Crippen molar-refractivity contribution < 1.29 is 14.7 Å². The quantitative estimate of drug-likeness (QED) is 0.512. The molecule has 0 aromatic rings. The van der Waals surface area contributed by atoms with Gasteiger partial charge in [-0.2, -0.15) is 0 Å². The minimum Gasteiger partial charge on any atom is -0.481 e. The molecule has 0 bridgehead atoms. The molecule has 0 aromatic heterocycles. The third-order valence-electron chi connectivity index (χ3n) is 2.70. The van der Waals surface area contributed by atoms with E-state index in [1.165, 1.54) is 0 Å². The first kappa shape index (κ1) is 12.7. The number of hydrogen-bond acceptors (Lipinski definition) is 2. The van der Waals surface area contributed by atoms with Gasteiger partial charge in [-0.1, -0.05) is 12.2 Å². The van der Waals surface area contributed by atoms with Gasteiger partial charge in [0.25, 0.3) is 0 Å².